The second-order valence-corrected chi connectivity index (χ2v) is 2.36. The minimum Gasteiger partial charge on any atom is -0.411 e. The lowest BCUT2D eigenvalue weighted by Crippen LogP contribution is -2.07. The summed E-state index contributed by atoms with van der Waals surface area (Å²) in [6, 6.07) is 2.62. The van der Waals surface area contributed by atoms with Gasteiger partial charge in [0.05, 0.1) is 6.61 Å². The molecule has 0 saturated carbocycles. The van der Waals surface area contributed by atoms with Crippen LogP contribution in [-0.2, 0) is 0 Å². The first-order valence-electron chi connectivity index (χ1n) is 3.45. The van der Waals surface area contributed by atoms with Crippen LogP contribution in [0.15, 0.2) is 23.4 Å². The SMILES string of the molecule is OC/C(=N\O)c1cc(F)cc(F)c1. The van der Waals surface area contributed by atoms with Gasteiger partial charge in [0.15, 0.2) is 0 Å². The summed E-state index contributed by atoms with van der Waals surface area (Å²) in [5, 5.41) is 19.7. The summed E-state index contributed by atoms with van der Waals surface area (Å²) < 4.78 is 25.2. The average Bonchev–Trinajstić information content (AvgIpc) is 2.04. The van der Waals surface area contributed by atoms with Crippen molar-refractivity contribution in [1.29, 1.82) is 0 Å². The Balaban J connectivity index is 3.14. The van der Waals surface area contributed by atoms with Gasteiger partial charge in [-0.3, -0.25) is 0 Å². The van der Waals surface area contributed by atoms with Gasteiger partial charge in [0.25, 0.3) is 0 Å². The van der Waals surface area contributed by atoms with Crippen molar-refractivity contribution in [1.82, 2.24) is 0 Å². The zero-order valence-electron chi connectivity index (χ0n) is 6.54. The first-order chi connectivity index (χ1) is 6.17. The first-order valence-corrected chi connectivity index (χ1v) is 3.45. The molecule has 0 unspecified atom stereocenters. The minimum absolute atomic E-state index is 0.0162. The van der Waals surface area contributed by atoms with Crippen LogP contribution in [0.4, 0.5) is 8.78 Å². The second kappa shape index (κ2) is 3.95. The molecule has 0 radical (unpaired) electrons. The van der Waals surface area contributed by atoms with E-state index in [2.05, 4.69) is 5.16 Å². The molecule has 0 atom stereocenters. The number of nitrogens with zero attached hydrogens (tertiary/aromatic N) is 1. The molecule has 0 aliphatic rings. The molecule has 3 nitrogen and oxygen atoms in total. The number of benzene rings is 1. The number of hydrogen-bond donors (Lipinski definition) is 2. The zero-order valence-corrected chi connectivity index (χ0v) is 6.54. The van der Waals surface area contributed by atoms with Crippen molar-refractivity contribution in [3.63, 3.8) is 0 Å². The molecular formula is C8H7F2NO2. The molecule has 70 valence electrons. The standard InChI is InChI=1S/C8H7F2NO2/c9-6-1-5(2-7(10)3-6)8(4-12)11-13/h1-3,12-13H,4H2/b11-8+. The maximum atomic E-state index is 12.6. The molecular weight excluding hydrogens is 180 g/mol. The molecule has 1 rings (SSSR count). The first kappa shape index (κ1) is 9.60. The Kier molecular flexibility index (Phi) is 2.92. The van der Waals surface area contributed by atoms with Gasteiger partial charge in [0, 0.05) is 11.6 Å². The van der Waals surface area contributed by atoms with Crippen LogP contribution in [0.3, 0.4) is 0 Å². The monoisotopic (exact) mass is 187 g/mol. The minimum atomic E-state index is -0.787. The molecule has 0 amide bonds. The van der Waals surface area contributed by atoms with E-state index in [-0.39, 0.29) is 11.3 Å². The quantitative estimate of drug-likeness (QED) is 0.414. The Labute approximate surface area is 72.9 Å². The molecule has 1 aromatic rings. The van der Waals surface area contributed by atoms with E-state index in [1.807, 2.05) is 0 Å². The number of rotatable bonds is 2. The molecule has 0 fully saturated rings. The van der Waals surface area contributed by atoms with Crippen LogP contribution in [0.25, 0.3) is 0 Å². The molecule has 1 aromatic carbocycles. The molecule has 5 heteroatoms. The van der Waals surface area contributed by atoms with Crippen LogP contribution in [0, 0.1) is 11.6 Å². The Morgan fingerprint density at radius 2 is 1.77 bits per heavy atom. The highest BCUT2D eigenvalue weighted by atomic mass is 19.1. The summed E-state index contributed by atoms with van der Waals surface area (Å²) in [5.74, 6) is -1.57. The van der Waals surface area contributed by atoms with E-state index < -0.39 is 18.2 Å². The Morgan fingerprint density at radius 3 is 2.15 bits per heavy atom. The third-order valence-electron chi connectivity index (χ3n) is 1.47. The summed E-state index contributed by atoms with van der Waals surface area (Å²) in [6.07, 6.45) is 0. The van der Waals surface area contributed by atoms with Gasteiger partial charge in [-0.15, -0.1) is 0 Å². The lowest BCUT2D eigenvalue weighted by Gasteiger charge is -2.00. The number of aliphatic hydroxyl groups is 1. The molecule has 13 heavy (non-hydrogen) atoms. The largest absolute Gasteiger partial charge is 0.411 e. The third kappa shape index (κ3) is 2.22. The maximum Gasteiger partial charge on any atom is 0.126 e. The summed E-state index contributed by atoms with van der Waals surface area (Å²) in [4.78, 5) is 0. The smallest absolute Gasteiger partial charge is 0.126 e. The fraction of sp³-hybridized carbons (Fsp3) is 0.125. The molecule has 0 aliphatic heterocycles. The topological polar surface area (TPSA) is 52.8 Å². The highest BCUT2D eigenvalue weighted by Crippen LogP contribution is 2.08. The Morgan fingerprint density at radius 1 is 1.23 bits per heavy atom. The molecule has 0 heterocycles. The normalized spacial score (nSPS) is 11.8. The van der Waals surface area contributed by atoms with E-state index in [0.29, 0.717) is 6.07 Å². The molecule has 0 aromatic heterocycles. The van der Waals surface area contributed by atoms with E-state index in [0.717, 1.165) is 12.1 Å². The van der Waals surface area contributed by atoms with Gasteiger partial charge in [-0.25, -0.2) is 8.78 Å². The number of oxime groups is 1. The van der Waals surface area contributed by atoms with Crippen molar-refractivity contribution < 1.29 is 19.1 Å². The van der Waals surface area contributed by atoms with Crippen molar-refractivity contribution in [3.05, 3.63) is 35.4 Å². The Bertz CT molecular complexity index is 319. The predicted octanol–water partition coefficient (Wildman–Crippen LogP) is 1.14. The van der Waals surface area contributed by atoms with Crippen molar-refractivity contribution >= 4 is 5.71 Å². The van der Waals surface area contributed by atoms with Gasteiger partial charge in [-0.1, -0.05) is 5.16 Å². The highest BCUT2D eigenvalue weighted by molar-refractivity contribution is 6.01. The summed E-state index contributed by atoms with van der Waals surface area (Å²) >= 11 is 0. The Hall–Kier alpha value is -1.49. The van der Waals surface area contributed by atoms with Crippen LogP contribution in [0.2, 0.25) is 0 Å². The van der Waals surface area contributed by atoms with Crippen LogP contribution in [0.5, 0.6) is 0 Å². The van der Waals surface area contributed by atoms with Crippen molar-refractivity contribution in [2.24, 2.45) is 5.16 Å². The fourth-order valence-electron chi connectivity index (χ4n) is 0.901. The van der Waals surface area contributed by atoms with Crippen LogP contribution in [-0.4, -0.2) is 22.6 Å². The second-order valence-electron chi connectivity index (χ2n) is 2.36. The number of hydrogen-bond acceptors (Lipinski definition) is 3. The van der Waals surface area contributed by atoms with Gasteiger partial charge in [0.2, 0.25) is 0 Å². The third-order valence-corrected chi connectivity index (χ3v) is 1.47. The van der Waals surface area contributed by atoms with Crippen molar-refractivity contribution in [3.8, 4) is 0 Å². The predicted molar refractivity (Wildman–Crippen MR) is 41.8 cm³/mol. The van der Waals surface area contributed by atoms with Gasteiger partial charge < -0.3 is 10.3 Å². The lowest BCUT2D eigenvalue weighted by molar-refractivity contribution is 0.303. The van der Waals surface area contributed by atoms with Gasteiger partial charge in [-0.2, -0.15) is 0 Å². The highest BCUT2D eigenvalue weighted by Gasteiger charge is 2.06. The molecule has 0 spiro atoms. The summed E-state index contributed by atoms with van der Waals surface area (Å²) in [7, 11) is 0. The van der Waals surface area contributed by atoms with E-state index in [1.54, 1.807) is 0 Å². The molecule has 0 bridgehead atoms. The van der Waals surface area contributed by atoms with Gasteiger partial charge in [-0.05, 0) is 12.1 Å². The van der Waals surface area contributed by atoms with Crippen LogP contribution < -0.4 is 0 Å². The number of aliphatic hydroxyl groups excluding tert-OH is 1. The molecule has 2 N–H and O–H groups in total. The number of halogens is 2. The van der Waals surface area contributed by atoms with Crippen LogP contribution >= 0.6 is 0 Å². The fourth-order valence-corrected chi connectivity index (χ4v) is 0.901. The van der Waals surface area contributed by atoms with Crippen LogP contribution in [0.1, 0.15) is 5.56 Å². The van der Waals surface area contributed by atoms with Crippen molar-refractivity contribution in [2.75, 3.05) is 6.61 Å². The van der Waals surface area contributed by atoms with E-state index >= 15 is 0 Å². The van der Waals surface area contributed by atoms with Gasteiger partial charge >= 0.3 is 0 Å². The van der Waals surface area contributed by atoms with Gasteiger partial charge in [0.1, 0.15) is 17.3 Å². The average molecular weight is 187 g/mol. The molecule has 0 aliphatic carbocycles. The summed E-state index contributed by atoms with van der Waals surface area (Å²) in [5.41, 5.74) is -0.166. The summed E-state index contributed by atoms with van der Waals surface area (Å²) in [6.45, 7) is -0.584. The van der Waals surface area contributed by atoms with E-state index in [9.17, 15) is 8.78 Å². The maximum absolute atomic E-state index is 12.6. The van der Waals surface area contributed by atoms with E-state index in [4.69, 9.17) is 10.3 Å². The zero-order chi connectivity index (χ0) is 9.84. The van der Waals surface area contributed by atoms with Crippen molar-refractivity contribution in [2.45, 2.75) is 0 Å². The van der Waals surface area contributed by atoms with E-state index in [1.165, 1.54) is 0 Å². The molecule has 0 saturated heterocycles. The lowest BCUT2D eigenvalue weighted by atomic mass is 10.1.